The SMILES string of the molecule is CC(C)(C)[Si](C)(C)OC[C@@H]1O[C@H](N2C=C(F)C(=O)CC2=O)CC1=O. The van der Waals surface area contributed by atoms with Crippen LogP contribution < -0.4 is 0 Å². The van der Waals surface area contributed by atoms with Gasteiger partial charge in [-0.05, 0) is 18.1 Å². The zero-order valence-electron chi connectivity index (χ0n) is 14.7. The van der Waals surface area contributed by atoms with E-state index in [1.165, 1.54) is 0 Å². The predicted molar refractivity (Wildman–Crippen MR) is 87.1 cm³/mol. The second-order valence-electron chi connectivity index (χ2n) is 7.70. The lowest BCUT2D eigenvalue weighted by molar-refractivity contribution is -0.145. The van der Waals surface area contributed by atoms with E-state index in [2.05, 4.69) is 33.9 Å². The Hall–Kier alpha value is -1.38. The van der Waals surface area contributed by atoms with E-state index in [4.69, 9.17) is 9.16 Å². The van der Waals surface area contributed by atoms with E-state index in [-0.39, 0.29) is 23.8 Å². The van der Waals surface area contributed by atoms with Crippen LogP contribution in [0.5, 0.6) is 0 Å². The fourth-order valence-electron chi connectivity index (χ4n) is 2.24. The van der Waals surface area contributed by atoms with Crippen LogP contribution in [0.2, 0.25) is 18.1 Å². The van der Waals surface area contributed by atoms with Crippen molar-refractivity contribution < 1.29 is 27.9 Å². The maximum Gasteiger partial charge on any atom is 0.236 e. The van der Waals surface area contributed by atoms with Crippen LogP contribution in [-0.2, 0) is 23.5 Å². The number of ketones is 2. The van der Waals surface area contributed by atoms with Gasteiger partial charge in [0.1, 0.15) is 12.3 Å². The Bertz CT molecular complexity index is 596. The third kappa shape index (κ3) is 3.81. The molecule has 1 saturated heterocycles. The molecule has 0 N–H and O–H groups in total. The molecule has 0 aromatic carbocycles. The summed E-state index contributed by atoms with van der Waals surface area (Å²) in [5, 5.41) is 0.00309. The Kier molecular flexibility index (Phi) is 5.13. The van der Waals surface area contributed by atoms with E-state index in [0.717, 1.165) is 11.1 Å². The molecule has 1 fully saturated rings. The van der Waals surface area contributed by atoms with Gasteiger partial charge in [-0.2, -0.15) is 0 Å². The van der Waals surface area contributed by atoms with Crippen LogP contribution in [0.3, 0.4) is 0 Å². The number of nitrogens with zero attached hydrogens (tertiary/aromatic N) is 1. The number of carbonyl (C=O) groups is 3. The smallest absolute Gasteiger partial charge is 0.236 e. The summed E-state index contributed by atoms with van der Waals surface area (Å²) in [6.07, 6.45) is -1.40. The summed E-state index contributed by atoms with van der Waals surface area (Å²) in [6, 6.07) is 0. The summed E-state index contributed by atoms with van der Waals surface area (Å²) in [5.74, 6) is -2.59. The number of carbonyl (C=O) groups excluding carboxylic acids is 3. The zero-order chi connectivity index (χ0) is 18.3. The van der Waals surface area contributed by atoms with Gasteiger partial charge in [0.15, 0.2) is 19.9 Å². The van der Waals surface area contributed by atoms with Gasteiger partial charge in [-0.3, -0.25) is 19.3 Å². The van der Waals surface area contributed by atoms with Crippen LogP contribution in [-0.4, -0.2) is 49.6 Å². The topological polar surface area (TPSA) is 72.9 Å². The molecule has 1 amide bonds. The Morgan fingerprint density at radius 3 is 2.54 bits per heavy atom. The average Bonchev–Trinajstić information content (AvgIpc) is 2.80. The van der Waals surface area contributed by atoms with E-state index in [1.54, 1.807) is 0 Å². The first-order valence-corrected chi connectivity index (χ1v) is 10.9. The number of rotatable bonds is 4. The first-order valence-electron chi connectivity index (χ1n) is 7.96. The molecule has 0 saturated carbocycles. The van der Waals surface area contributed by atoms with E-state index < -0.39 is 44.6 Å². The highest BCUT2D eigenvalue weighted by Gasteiger charge is 2.43. The fourth-order valence-corrected chi connectivity index (χ4v) is 3.24. The molecule has 24 heavy (non-hydrogen) atoms. The normalized spacial score (nSPS) is 26.2. The minimum Gasteiger partial charge on any atom is -0.414 e. The number of ether oxygens (including phenoxy) is 1. The first kappa shape index (κ1) is 18.9. The van der Waals surface area contributed by atoms with Gasteiger partial charge in [0, 0.05) is 6.20 Å². The van der Waals surface area contributed by atoms with Crippen molar-refractivity contribution >= 4 is 25.8 Å². The molecule has 2 atom stereocenters. The van der Waals surface area contributed by atoms with Gasteiger partial charge in [0.25, 0.3) is 0 Å². The second kappa shape index (κ2) is 6.49. The summed E-state index contributed by atoms with van der Waals surface area (Å²) in [5.41, 5.74) is 0. The van der Waals surface area contributed by atoms with Gasteiger partial charge in [0.05, 0.1) is 19.4 Å². The largest absolute Gasteiger partial charge is 0.414 e. The van der Waals surface area contributed by atoms with Crippen LogP contribution >= 0.6 is 0 Å². The van der Waals surface area contributed by atoms with Gasteiger partial charge < -0.3 is 9.16 Å². The maximum atomic E-state index is 13.4. The summed E-state index contributed by atoms with van der Waals surface area (Å²) < 4.78 is 25.0. The molecule has 2 rings (SSSR count). The first-order chi connectivity index (χ1) is 10.9. The molecule has 0 radical (unpaired) electrons. The van der Waals surface area contributed by atoms with Crippen LogP contribution in [0.15, 0.2) is 12.0 Å². The van der Waals surface area contributed by atoms with Crippen molar-refractivity contribution in [1.82, 2.24) is 4.90 Å². The van der Waals surface area contributed by atoms with Gasteiger partial charge in [-0.25, -0.2) is 4.39 Å². The Morgan fingerprint density at radius 1 is 1.33 bits per heavy atom. The number of Topliss-reactive ketones (excluding diaryl/α,β-unsaturated/α-hetero) is 2. The highest BCUT2D eigenvalue weighted by molar-refractivity contribution is 6.74. The quantitative estimate of drug-likeness (QED) is 0.570. The number of amides is 1. The van der Waals surface area contributed by atoms with E-state index in [9.17, 15) is 18.8 Å². The van der Waals surface area contributed by atoms with Crippen molar-refractivity contribution in [2.24, 2.45) is 0 Å². The second-order valence-corrected chi connectivity index (χ2v) is 12.5. The summed E-state index contributed by atoms with van der Waals surface area (Å²) in [4.78, 5) is 36.2. The highest BCUT2D eigenvalue weighted by atomic mass is 28.4. The molecular formula is C16H24FNO5Si. The van der Waals surface area contributed by atoms with Gasteiger partial charge >= 0.3 is 0 Å². The van der Waals surface area contributed by atoms with Crippen molar-refractivity contribution in [2.45, 2.75) is 64.1 Å². The Morgan fingerprint density at radius 2 is 1.96 bits per heavy atom. The minimum absolute atomic E-state index is 0.00309. The lowest BCUT2D eigenvalue weighted by Crippen LogP contribution is -2.44. The summed E-state index contributed by atoms with van der Waals surface area (Å²) >= 11 is 0. The molecule has 2 aliphatic rings. The lowest BCUT2D eigenvalue weighted by Gasteiger charge is -2.36. The van der Waals surface area contributed by atoms with Gasteiger partial charge in [0.2, 0.25) is 11.7 Å². The van der Waals surface area contributed by atoms with Crippen molar-refractivity contribution in [3.05, 3.63) is 12.0 Å². The van der Waals surface area contributed by atoms with Crippen molar-refractivity contribution in [3.63, 3.8) is 0 Å². The van der Waals surface area contributed by atoms with Crippen LogP contribution in [0.4, 0.5) is 4.39 Å². The lowest BCUT2D eigenvalue weighted by atomic mass is 10.1. The fraction of sp³-hybridized carbons (Fsp3) is 0.688. The predicted octanol–water partition coefficient (Wildman–Crippen LogP) is 2.30. The molecular weight excluding hydrogens is 333 g/mol. The van der Waals surface area contributed by atoms with Crippen LogP contribution in [0.1, 0.15) is 33.6 Å². The molecule has 0 aromatic rings. The van der Waals surface area contributed by atoms with E-state index >= 15 is 0 Å². The molecule has 2 aliphatic heterocycles. The molecule has 2 heterocycles. The Balaban J connectivity index is 2.01. The molecule has 134 valence electrons. The summed E-state index contributed by atoms with van der Waals surface area (Å²) in [7, 11) is -2.03. The van der Waals surface area contributed by atoms with Crippen molar-refractivity contribution in [2.75, 3.05) is 6.61 Å². The number of halogens is 1. The van der Waals surface area contributed by atoms with E-state index in [0.29, 0.717) is 0 Å². The highest BCUT2D eigenvalue weighted by Crippen LogP contribution is 2.37. The third-order valence-electron chi connectivity index (χ3n) is 4.89. The molecule has 0 spiro atoms. The van der Waals surface area contributed by atoms with Gasteiger partial charge in [-0.1, -0.05) is 20.8 Å². The van der Waals surface area contributed by atoms with Crippen molar-refractivity contribution in [1.29, 1.82) is 0 Å². The molecule has 8 heteroatoms. The molecule has 0 bridgehead atoms. The van der Waals surface area contributed by atoms with Gasteiger partial charge in [-0.15, -0.1) is 0 Å². The standard InChI is InChI=1S/C16H24FNO5Si/c1-16(2,3)24(4,5)22-9-13-12(20)7-15(23-13)18-8-10(17)11(19)6-14(18)21/h8,13,15H,6-7,9H2,1-5H3/t13-,15-/m0/s1. The summed E-state index contributed by atoms with van der Waals surface area (Å²) in [6.45, 7) is 10.5. The molecule has 6 nitrogen and oxygen atoms in total. The monoisotopic (exact) mass is 357 g/mol. The number of hydrogen-bond donors (Lipinski definition) is 0. The van der Waals surface area contributed by atoms with E-state index in [1.807, 2.05) is 0 Å². The maximum absolute atomic E-state index is 13.4. The zero-order valence-corrected chi connectivity index (χ0v) is 15.7. The van der Waals surface area contributed by atoms with Crippen molar-refractivity contribution in [3.8, 4) is 0 Å². The number of hydrogen-bond acceptors (Lipinski definition) is 5. The molecule has 0 aromatic heterocycles. The third-order valence-corrected chi connectivity index (χ3v) is 9.39. The Labute approximate surface area is 142 Å². The molecule has 0 aliphatic carbocycles. The van der Waals surface area contributed by atoms with Crippen LogP contribution in [0, 0.1) is 0 Å². The van der Waals surface area contributed by atoms with Crippen LogP contribution in [0.25, 0.3) is 0 Å². The minimum atomic E-state index is -2.03. The number of allylic oxidation sites excluding steroid dienone is 1. The average molecular weight is 357 g/mol. The molecule has 0 unspecified atom stereocenters.